The van der Waals surface area contributed by atoms with E-state index in [-0.39, 0.29) is 41.4 Å². The minimum Gasteiger partial charge on any atom is -0.354 e. The summed E-state index contributed by atoms with van der Waals surface area (Å²) < 4.78 is 32.9. The van der Waals surface area contributed by atoms with Crippen LogP contribution in [0, 0.1) is 0 Å². The number of amides is 1. The van der Waals surface area contributed by atoms with Crippen LogP contribution < -0.4 is 5.32 Å². The van der Waals surface area contributed by atoms with Gasteiger partial charge in [-0.05, 0) is 18.6 Å². The number of rotatable bonds is 14. The minimum absolute atomic E-state index is 0. The second-order valence-electron chi connectivity index (χ2n) is 4.90. The van der Waals surface area contributed by atoms with Crippen molar-refractivity contribution in [1.29, 1.82) is 0 Å². The average molecular weight is 538 g/mol. The van der Waals surface area contributed by atoms with E-state index in [9.17, 15) is 13.2 Å². The van der Waals surface area contributed by atoms with Gasteiger partial charge in [0.25, 0.3) is 0 Å². The Morgan fingerprint density at radius 1 is 1.00 bits per heavy atom. The van der Waals surface area contributed by atoms with Crippen LogP contribution >= 0.6 is 12.6 Å². The van der Waals surface area contributed by atoms with Gasteiger partial charge in [-0.3, -0.25) is 9.35 Å². The molecule has 0 saturated carbocycles. The molecule has 0 aromatic heterocycles. The predicted octanol–water partition coefficient (Wildman–Crippen LogP) is 2.36. The molecule has 0 bridgehead atoms. The molecule has 1 radical (unpaired) electrons. The molecule has 6 nitrogen and oxygen atoms in total. The molecule has 0 fully saturated rings. The third-order valence-electron chi connectivity index (χ3n) is 2.97. The number of carbonyl (C=O) groups excluding carboxylic acids is 1. The van der Waals surface area contributed by atoms with Gasteiger partial charge in [-0.2, -0.15) is 21.0 Å². The summed E-state index contributed by atoms with van der Waals surface area (Å²) in [6.07, 6.45) is 9.58. The zero-order valence-corrected chi connectivity index (χ0v) is 16.6. The van der Waals surface area contributed by atoms with Crippen LogP contribution in [-0.2, 0) is 41.8 Å². The molecule has 0 aliphatic rings. The summed E-state index contributed by atoms with van der Waals surface area (Å²) in [5.41, 5.74) is 0. The molecule has 0 saturated heterocycles. The summed E-state index contributed by atoms with van der Waals surface area (Å²) in [5.74, 6) is 0.840. The first-order valence-electron chi connectivity index (χ1n) is 7.45. The number of unbranched alkanes of at least 4 members (excludes halogenated alkanes) is 7. The van der Waals surface area contributed by atoms with Crippen molar-refractivity contribution in [1.82, 2.24) is 5.32 Å². The molecular formula is C13H27AuNO5S2. The van der Waals surface area contributed by atoms with Crippen LogP contribution in [-0.4, -0.2) is 37.8 Å². The second-order valence-corrected chi connectivity index (χ2v) is 6.44. The van der Waals surface area contributed by atoms with E-state index in [2.05, 4.69) is 22.1 Å². The fraction of sp³-hybridized carbons (Fsp3) is 0.923. The molecule has 0 aromatic carbocycles. The Kier molecular flexibility index (Phi) is 18.3. The largest absolute Gasteiger partial charge is 0.397 e. The molecule has 0 heterocycles. The Bertz CT molecular complexity index is 365. The Labute approximate surface area is 155 Å². The molecular weight excluding hydrogens is 511 g/mol. The first-order valence-corrected chi connectivity index (χ1v) is 9.45. The molecule has 2 N–H and O–H groups in total. The molecule has 9 heteroatoms. The van der Waals surface area contributed by atoms with E-state index in [4.69, 9.17) is 4.55 Å². The molecule has 0 spiro atoms. The van der Waals surface area contributed by atoms with Crippen LogP contribution in [0.25, 0.3) is 0 Å². The molecule has 0 aliphatic heterocycles. The van der Waals surface area contributed by atoms with Crippen LogP contribution in [0.4, 0.5) is 0 Å². The second kappa shape index (κ2) is 16.3. The summed E-state index contributed by atoms with van der Waals surface area (Å²) in [5, 5.41) is 2.53. The van der Waals surface area contributed by atoms with Gasteiger partial charge in [-0.1, -0.05) is 38.5 Å². The maximum atomic E-state index is 11.4. The number of nitrogens with one attached hydrogen (secondary N) is 1. The molecule has 0 rings (SSSR count). The summed E-state index contributed by atoms with van der Waals surface area (Å²) in [7, 11) is -4.41. The van der Waals surface area contributed by atoms with Crippen molar-refractivity contribution in [3.8, 4) is 0 Å². The summed E-state index contributed by atoms with van der Waals surface area (Å²) in [6, 6.07) is 0. The molecule has 1 amide bonds. The number of hydrogen-bond acceptors (Lipinski definition) is 5. The summed E-state index contributed by atoms with van der Waals surface area (Å²) in [4.78, 5) is 11.4. The van der Waals surface area contributed by atoms with Gasteiger partial charge < -0.3 is 5.32 Å². The van der Waals surface area contributed by atoms with Gasteiger partial charge in [0.1, 0.15) is 0 Å². The molecule has 0 aliphatic carbocycles. The van der Waals surface area contributed by atoms with E-state index in [1.54, 1.807) is 0 Å². The normalized spacial score (nSPS) is 11.0. The molecule has 22 heavy (non-hydrogen) atoms. The monoisotopic (exact) mass is 538 g/mol. The zero-order valence-electron chi connectivity index (χ0n) is 12.7. The first kappa shape index (κ1) is 24.7. The van der Waals surface area contributed by atoms with Crippen molar-refractivity contribution in [3.63, 3.8) is 0 Å². The predicted molar refractivity (Wildman–Crippen MR) is 85.9 cm³/mol. The van der Waals surface area contributed by atoms with Gasteiger partial charge in [0.05, 0.1) is 6.61 Å². The van der Waals surface area contributed by atoms with Crippen molar-refractivity contribution in [2.24, 2.45) is 0 Å². The number of carbonyl (C=O) groups is 1. The minimum atomic E-state index is -4.41. The maximum Gasteiger partial charge on any atom is 0.397 e. The van der Waals surface area contributed by atoms with E-state index in [1.807, 2.05) is 0 Å². The van der Waals surface area contributed by atoms with E-state index in [0.717, 1.165) is 25.0 Å². The van der Waals surface area contributed by atoms with E-state index >= 15 is 0 Å². The fourth-order valence-corrected chi connectivity index (χ4v) is 2.40. The van der Waals surface area contributed by atoms with Gasteiger partial charge in [0.15, 0.2) is 0 Å². The Balaban J connectivity index is 0. The standard InChI is InChI=1S/C13H27NO5S2.Au/c15-13(14-10-11-19-21(16,17)18)9-7-5-3-1-2-4-6-8-12-20;/h20H,1-12H2,(H,14,15)(H,16,17,18);. The van der Waals surface area contributed by atoms with Gasteiger partial charge >= 0.3 is 10.4 Å². The van der Waals surface area contributed by atoms with Crippen molar-refractivity contribution >= 4 is 28.9 Å². The zero-order chi connectivity index (χ0) is 16.0. The van der Waals surface area contributed by atoms with E-state index in [1.165, 1.54) is 32.1 Å². The first-order chi connectivity index (χ1) is 9.95. The molecule has 0 atom stereocenters. The smallest absolute Gasteiger partial charge is 0.354 e. The number of thiol groups is 1. The topological polar surface area (TPSA) is 92.7 Å². The Hall–Kier alpha value is 0.430. The van der Waals surface area contributed by atoms with Crippen molar-refractivity contribution in [2.45, 2.75) is 57.8 Å². The molecule has 137 valence electrons. The molecule has 0 aromatic rings. The van der Waals surface area contributed by atoms with Crippen molar-refractivity contribution in [3.05, 3.63) is 0 Å². The maximum absolute atomic E-state index is 11.4. The van der Waals surface area contributed by atoms with Gasteiger partial charge in [-0.25, -0.2) is 4.18 Å². The summed E-state index contributed by atoms with van der Waals surface area (Å²) in [6.45, 7) is -0.180. The quantitative estimate of drug-likeness (QED) is 0.137. The van der Waals surface area contributed by atoms with Gasteiger partial charge in [0, 0.05) is 35.3 Å². The van der Waals surface area contributed by atoms with Crippen LogP contribution in [0.1, 0.15) is 57.8 Å². The third-order valence-corrected chi connectivity index (χ3v) is 3.75. The van der Waals surface area contributed by atoms with Crippen molar-refractivity contribution in [2.75, 3.05) is 18.9 Å². The third kappa shape index (κ3) is 20.4. The average Bonchev–Trinajstić information content (AvgIpc) is 2.41. The fourth-order valence-electron chi connectivity index (χ4n) is 1.88. The van der Waals surface area contributed by atoms with Crippen LogP contribution in [0.5, 0.6) is 0 Å². The van der Waals surface area contributed by atoms with Crippen LogP contribution in [0.15, 0.2) is 0 Å². The van der Waals surface area contributed by atoms with Crippen molar-refractivity contribution < 1.29 is 44.3 Å². The SMILES string of the molecule is O=C(CCCCCCCCCCS)NCCOS(=O)(=O)O.[Au]. The molecule has 0 unspecified atom stereocenters. The van der Waals surface area contributed by atoms with Crippen LogP contribution in [0.3, 0.4) is 0 Å². The van der Waals surface area contributed by atoms with Gasteiger partial charge in [-0.15, -0.1) is 0 Å². The Morgan fingerprint density at radius 2 is 1.50 bits per heavy atom. The number of hydrogen-bond donors (Lipinski definition) is 3. The summed E-state index contributed by atoms with van der Waals surface area (Å²) >= 11 is 4.17. The Morgan fingerprint density at radius 3 is 2.00 bits per heavy atom. The van der Waals surface area contributed by atoms with Gasteiger partial charge in [0.2, 0.25) is 5.91 Å². The van der Waals surface area contributed by atoms with E-state index in [0.29, 0.717) is 6.42 Å². The van der Waals surface area contributed by atoms with Crippen LogP contribution in [0.2, 0.25) is 0 Å². The van der Waals surface area contributed by atoms with E-state index < -0.39 is 10.4 Å².